The van der Waals surface area contributed by atoms with Crippen LogP contribution in [0.25, 0.3) is 17.2 Å². The van der Waals surface area contributed by atoms with E-state index in [0.717, 1.165) is 5.69 Å². The Morgan fingerprint density at radius 2 is 2.17 bits per heavy atom. The number of imidazole rings is 1. The molecule has 0 aliphatic carbocycles. The van der Waals surface area contributed by atoms with Gasteiger partial charge in [-0.25, -0.2) is 9.37 Å². The standard InChI is InChI=1S/C15H12FN5O2/c1-8-18-14(19-23-8)13-12-6-20(2)15(22)10-5-9(16)3-4-11(10)21(12)7-17-13/h3-5,7H,6H2,1-2H3. The summed E-state index contributed by atoms with van der Waals surface area (Å²) in [6.45, 7) is 2.00. The summed E-state index contributed by atoms with van der Waals surface area (Å²) in [6.07, 6.45) is 1.58. The number of amides is 1. The van der Waals surface area contributed by atoms with Crippen molar-refractivity contribution < 1.29 is 13.7 Å². The number of rotatable bonds is 1. The van der Waals surface area contributed by atoms with Gasteiger partial charge >= 0.3 is 0 Å². The largest absolute Gasteiger partial charge is 0.339 e. The molecular weight excluding hydrogens is 301 g/mol. The van der Waals surface area contributed by atoms with E-state index in [1.807, 2.05) is 0 Å². The zero-order valence-corrected chi connectivity index (χ0v) is 12.4. The zero-order chi connectivity index (χ0) is 16.1. The highest BCUT2D eigenvalue weighted by molar-refractivity contribution is 5.98. The van der Waals surface area contributed by atoms with Crippen LogP contribution in [0.4, 0.5) is 4.39 Å². The van der Waals surface area contributed by atoms with Crippen molar-refractivity contribution in [2.45, 2.75) is 13.5 Å². The fraction of sp³-hybridized carbons (Fsp3) is 0.200. The molecule has 0 saturated carbocycles. The van der Waals surface area contributed by atoms with Crippen LogP contribution < -0.4 is 0 Å². The second-order valence-electron chi connectivity index (χ2n) is 5.37. The first-order chi connectivity index (χ1) is 11.0. The summed E-state index contributed by atoms with van der Waals surface area (Å²) in [6, 6.07) is 4.12. The normalized spacial score (nSPS) is 13.7. The molecule has 0 N–H and O–H groups in total. The first kappa shape index (κ1) is 13.6. The minimum absolute atomic E-state index is 0.251. The van der Waals surface area contributed by atoms with Crippen LogP contribution in [0.5, 0.6) is 0 Å². The maximum atomic E-state index is 13.5. The van der Waals surface area contributed by atoms with Gasteiger partial charge < -0.3 is 9.42 Å². The van der Waals surface area contributed by atoms with E-state index in [-0.39, 0.29) is 5.91 Å². The second-order valence-corrected chi connectivity index (χ2v) is 5.37. The minimum Gasteiger partial charge on any atom is -0.339 e. The molecule has 0 bridgehead atoms. The van der Waals surface area contributed by atoms with E-state index >= 15 is 0 Å². The molecule has 8 heteroatoms. The molecule has 7 nitrogen and oxygen atoms in total. The zero-order valence-electron chi connectivity index (χ0n) is 12.4. The van der Waals surface area contributed by atoms with Crippen LogP contribution in [0, 0.1) is 12.7 Å². The Bertz CT molecular complexity index is 930. The molecule has 1 aliphatic rings. The Morgan fingerprint density at radius 3 is 2.91 bits per heavy atom. The predicted octanol–water partition coefficient (Wildman–Crippen LogP) is 1.96. The summed E-state index contributed by atoms with van der Waals surface area (Å²) in [5.74, 6) is 0.0893. The molecule has 1 aliphatic heterocycles. The van der Waals surface area contributed by atoms with Gasteiger partial charge in [0.1, 0.15) is 17.8 Å². The number of carbonyl (C=O) groups excluding carboxylic acids is 1. The molecule has 0 saturated heterocycles. The minimum atomic E-state index is -0.455. The summed E-state index contributed by atoms with van der Waals surface area (Å²) < 4.78 is 20.3. The lowest BCUT2D eigenvalue weighted by Crippen LogP contribution is -2.25. The van der Waals surface area contributed by atoms with Crippen molar-refractivity contribution in [3.63, 3.8) is 0 Å². The number of nitrogens with zero attached hydrogens (tertiary/aromatic N) is 5. The molecule has 2 aromatic heterocycles. The second kappa shape index (κ2) is 4.73. The molecule has 23 heavy (non-hydrogen) atoms. The number of hydrogen-bond donors (Lipinski definition) is 0. The maximum absolute atomic E-state index is 13.5. The van der Waals surface area contributed by atoms with E-state index in [2.05, 4.69) is 15.1 Å². The highest BCUT2D eigenvalue weighted by Crippen LogP contribution is 2.29. The molecule has 0 unspecified atom stereocenters. The van der Waals surface area contributed by atoms with Crippen LogP contribution in [-0.2, 0) is 6.54 Å². The smallest absolute Gasteiger partial charge is 0.256 e. The van der Waals surface area contributed by atoms with Crippen LogP contribution in [-0.4, -0.2) is 37.5 Å². The SMILES string of the molecule is Cc1nc(-c2ncn3c2CN(C)C(=O)c2cc(F)ccc2-3)no1. The molecule has 1 aromatic carbocycles. The Balaban J connectivity index is 1.96. The number of halogens is 1. The van der Waals surface area contributed by atoms with E-state index < -0.39 is 5.82 Å². The Kier molecular flexibility index (Phi) is 2.80. The van der Waals surface area contributed by atoms with E-state index in [4.69, 9.17) is 4.52 Å². The monoisotopic (exact) mass is 313 g/mol. The highest BCUT2D eigenvalue weighted by Gasteiger charge is 2.28. The predicted molar refractivity (Wildman–Crippen MR) is 77.3 cm³/mol. The first-order valence-electron chi connectivity index (χ1n) is 6.97. The molecule has 4 rings (SSSR count). The highest BCUT2D eigenvalue weighted by atomic mass is 19.1. The number of carbonyl (C=O) groups is 1. The van der Waals surface area contributed by atoms with Gasteiger partial charge in [0, 0.05) is 14.0 Å². The molecule has 1 amide bonds. The van der Waals surface area contributed by atoms with Crippen molar-refractivity contribution in [3.05, 3.63) is 47.5 Å². The Labute approximate surface area is 130 Å². The Morgan fingerprint density at radius 1 is 1.35 bits per heavy atom. The third-order valence-electron chi connectivity index (χ3n) is 3.79. The first-order valence-corrected chi connectivity index (χ1v) is 6.97. The molecule has 3 heterocycles. The van der Waals surface area contributed by atoms with Crippen molar-refractivity contribution in [2.24, 2.45) is 0 Å². The van der Waals surface area contributed by atoms with Crippen LogP contribution >= 0.6 is 0 Å². The number of aromatic nitrogens is 4. The van der Waals surface area contributed by atoms with Gasteiger partial charge in [-0.3, -0.25) is 9.36 Å². The van der Waals surface area contributed by atoms with E-state index in [1.54, 1.807) is 30.9 Å². The van der Waals surface area contributed by atoms with Gasteiger partial charge in [0.2, 0.25) is 11.7 Å². The lowest BCUT2D eigenvalue weighted by molar-refractivity contribution is 0.0787. The van der Waals surface area contributed by atoms with Gasteiger partial charge in [-0.2, -0.15) is 4.98 Å². The maximum Gasteiger partial charge on any atom is 0.256 e. The summed E-state index contributed by atoms with van der Waals surface area (Å²) in [4.78, 5) is 22.5. The quantitative estimate of drug-likeness (QED) is 0.686. The Hall–Kier alpha value is -3.03. The van der Waals surface area contributed by atoms with Crippen molar-refractivity contribution in [3.8, 4) is 17.2 Å². The van der Waals surface area contributed by atoms with Gasteiger partial charge in [0.05, 0.1) is 23.5 Å². The summed E-state index contributed by atoms with van der Waals surface area (Å²) in [5.41, 5.74) is 2.15. The lowest BCUT2D eigenvalue weighted by Gasteiger charge is -2.14. The van der Waals surface area contributed by atoms with Crippen LogP contribution in [0.15, 0.2) is 29.0 Å². The van der Waals surface area contributed by atoms with Gasteiger partial charge in [-0.15, -0.1) is 0 Å². The van der Waals surface area contributed by atoms with Crippen LogP contribution in [0.2, 0.25) is 0 Å². The summed E-state index contributed by atoms with van der Waals surface area (Å²) >= 11 is 0. The lowest BCUT2D eigenvalue weighted by atomic mass is 10.1. The average Bonchev–Trinajstić information content (AvgIpc) is 3.10. The van der Waals surface area contributed by atoms with Crippen LogP contribution in [0.1, 0.15) is 21.9 Å². The molecular formula is C15H12FN5O2. The van der Waals surface area contributed by atoms with Crippen molar-refractivity contribution in [1.29, 1.82) is 0 Å². The fourth-order valence-electron chi connectivity index (χ4n) is 2.71. The van der Waals surface area contributed by atoms with Gasteiger partial charge in [-0.05, 0) is 18.2 Å². The number of hydrogen-bond acceptors (Lipinski definition) is 5. The van der Waals surface area contributed by atoms with Crippen molar-refractivity contribution in [2.75, 3.05) is 7.05 Å². The van der Waals surface area contributed by atoms with Gasteiger partial charge in [0.15, 0.2) is 0 Å². The topological polar surface area (TPSA) is 77.1 Å². The molecule has 0 spiro atoms. The van der Waals surface area contributed by atoms with Gasteiger partial charge in [-0.1, -0.05) is 5.16 Å². The third-order valence-corrected chi connectivity index (χ3v) is 3.79. The number of fused-ring (bicyclic) bond motifs is 3. The fourth-order valence-corrected chi connectivity index (χ4v) is 2.71. The van der Waals surface area contributed by atoms with E-state index in [1.165, 1.54) is 17.0 Å². The van der Waals surface area contributed by atoms with E-state index in [0.29, 0.717) is 35.2 Å². The van der Waals surface area contributed by atoms with Gasteiger partial charge in [0.25, 0.3) is 5.91 Å². The van der Waals surface area contributed by atoms with E-state index in [9.17, 15) is 9.18 Å². The number of benzene rings is 1. The molecule has 0 atom stereocenters. The molecule has 0 fully saturated rings. The summed E-state index contributed by atoms with van der Waals surface area (Å²) in [5, 5.41) is 3.89. The van der Waals surface area contributed by atoms with Crippen molar-refractivity contribution in [1.82, 2.24) is 24.6 Å². The third kappa shape index (κ3) is 2.02. The van der Waals surface area contributed by atoms with Crippen LogP contribution in [0.3, 0.4) is 0 Å². The summed E-state index contributed by atoms with van der Waals surface area (Å²) in [7, 11) is 1.66. The molecule has 0 radical (unpaired) electrons. The average molecular weight is 313 g/mol. The number of aryl methyl sites for hydroxylation is 1. The van der Waals surface area contributed by atoms with Crippen molar-refractivity contribution >= 4 is 5.91 Å². The molecule has 116 valence electrons. The molecule has 3 aromatic rings.